The Labute approximate surface area is 116 Å². The number of benzene rings is 1. The van der Waals surface area contributed by atoms with E-state index >= 15 is 0 Å². The number of hydrogen-bond acceptors (Lipinski definition) is 5. The maximum atomic E-state index is 12.1. The number of rotatable bonds is 4. The number of carbonyl (C=O) groups excluding carboxylic acids is 2. The predicted molar refractivity (Wildman–Crippen MR) is 71.5 cm³/mol. The number of esters is 1. The van der Waals surface area contributed by atoms with E-state index in [9.17, 15) is 14.7 Å². The van der Waals surface area contributed by atoms with Crippen LogP contribution in [0.2, 0.25) is 0 Å². The zero-order chi connectivity index (χ0) is 14.9. The van der Waals surface area contributed by atoms with E-state index in [0.29, 0.717) is 11.4 Å². The molecule has 0 unspecified atom stereocenters. The standard InChI is InChI=1S/C14H17NO5/c1-8(16)11-12(14(18)20-3)15(13(11)17)9-4-6-10(19-2)7-5-9/h4-8,11-12,16H,1-3H3/t8-,11+,12-/m1/s1. The Morgan fingerprint density at radius 3 is 2.35 bits per heavy atom. The minimum absolute atomic E-state index is 0.291. The molecular weight excluding hydrogens is 262 g/mol. The lowest BCUT2D eigenvalue weighted by molar-refractivity contribution is -0.155. The highest BCUT2D eigenvalue weighted by Crippen LogP contribution is 2.36. The number of nitrogens with zero attached hydrogens (tertiary/aromatic N) is 1. The van der Waals surface area contributed by atoms with Gasteiger partial charge in [0.05, 0.1) is 26.2 Å². The lowest BCUT2D eigenvalue weighted by atomic mass is 9.82. The maximum absolute atomic E-state index is 12.1. The molecule has 6 nitrogen and oxygen atoms in total. The number of methoxy groups -OCH3 is 2. The molecule has 0 radical (unpaired) electrons. The highest BCUT2D eigenvalue weighted by atomic mass is 16.5. The monoisotopic (exact) mass is 279 g/mol. The summed E-state index contributed by atoms with van der Waals surface area (Å²) < 4.78 is 9.76. The first-order chi connectivity index (χ1) is 9.51. The van der Waals surface area contributed by atoms with Gasteiger partial charge in [-0.3, -0.25) is 9.69 Å². The Morgan fingerprint density at radius 2 is 1.90 bits per heavy atom. The van der Waals surface area contributed by atoms with Gasteiger partial charge in [-0.1, -0.05) is 0 Å². The Balaban J connectivity index is 2.29. The number of carbonyl (C=O) groups is 2. The number of hydrogen-bond donors (Lipinski definition) is 1. The zero-order valence-electron chi connectivity index (χ0n) is 11.6. The van der Waals surface area contributed by atoms with Crippen LogP contribution < -0.4 is 9.64 Å². The summed E-state index contributed by atoms with van der Waals surface area (Å²) in [5, 5.41) is 9.63. The predicted octanol–water partition coefficient (Wildman–Crippen LogP) is 0.580. The van der Waals surface area contributed by atoms with Crippen LogP contribution in [-0.4, -0.2) is 43.3 Å². The number of anilines is 1. The molecule has 20 heavy (non-hydrogen) atoms. The summed E-state index contributed by atoms with van der Waals surface area (Å²) in [5.41, 5.74) is 0.572. The minimum Gasteiger partial charge on any atom is -0.497 e. The first-order valence-corrected chi connectivity index (χ1v) is 6.24. The van der Waals surface area contributed by atoms with E-state index in [1.54, 1.807) is 31.4 Å². The molecule has 1 aromatic carbocycles. The number of aliphatic hydroxyl groups excluding tert-OH is 1. The molecule has 0 aromatic heterocycles. The fourth-order valence-corrected chi connectivity index (χ4v) is 2.38. The molecule has 1 N–H and O–H groups in total. The van der Waals surface area contributed by atoms with E-state index < -0.39 is 24.0 Å². The van der Waals surface area contributed by atoms with Crippen molar-refractivity contribution in [1.82, 2.24) is 0 Å². The van der Waals surface area contributed by atoms with Crippen LogP contribution >= 0.6 is 0 Å². The van der Waals surface area contributed by atoms with Gasteiger partial charge in [-0.05, 0) is 31.2 Å². The topological polar surface area (TPSA) is 76.1 Å². The van der Waals surface area contributed by atoms with Crippen molar-refractivity contribution in [2.75, 3.05) is 19.1 Å². The van der Waals surface area contributed by atoms with Gasteiger partial charge in [0, 0.05) is 5.69 Å². The van der Waals surface area contributed by atoms with Crippen LogP contribution in [0.25, 0.3) is 0 Å². The van der Waals surface area contributed by atoms with E-state index in [2.05, 4.69) is 0 Å². The highest BCUT2D eigenvalue weighted by Gasteiger charge is 2.54. The molecule has 0 aliphatic carbocycles. The molecule has 1 heterocycles. The minimum atomic E-state index is -0.902. The second-order valence-corrected chi connectivity index (χ2v) is 4.64. The van der Waals surface area contributed by atoms with Crippen LogP contribution in [-0.2, 0) is 14.3 Å². The summed E-state index contributed by atoms with van der Waals surface area (Å²) in [5.74, 6) is -0.931. The third-order valence-electron chi connectivity index (χ3n) is 3.45. The highest BCUT2D eigenvalue weighted by molar-refractivity contribution is 6.11. The second-order valence-electron chi connectivity index (χ2n) is 4.64. The van der Waals surface area contributed by atoms with Gasteiger partial charge in [-0.25, -0.2) is 4.79 Å². The molecule has 0 saturated carbocycles. The summed E-state index contributed by atoms with van der Waals surface area (Å²) in [6, 6.07) is 5.98. The van der Waals surface area contributed by atoms with Crippen LogP contribution in [0.15, 0.2) is 24.3 Å². The molecule has 1 aliphatic heterocycles. The van der Waals surface area contributed by atoms with E-state index in [4.69, 9.17) is 9.47 Å². The van der Waals surface area contributed by atoms with Crippen molar-refractivity contribution in [3.63, 3.8) is 0 Å². The Hall–Kier alpha value is -2.08. The lowest BCUT2D eigenvalue weighted by Gasteiger charge is -2.46. The van der Waals surface area contributed by atoms with Crippen LogP contribution in [0.4, 0.5) is 5.69 Å². The van der Waals surface area contributed by atoms with Crippen LogP contribution in [0.1, 0.15) is 6.92 Å². The quantitative estimate of drug-likeness (QED) is 0.644. The molecule has 0 bridgehead atoms. The van der Waals surface area contributed by atoms with Gasteiger partial charge < -0.3 is 14.6 Å². The third-order valence-corrected chi connectivity index (χ3v) is 3.45. The Bertz CT molecular complexity index is 511. The molecule has 108 valence electrons. The molecule has 3 atom stereocenters. The van der Waals surface area contributed by atoms with Crippen LogP contribution in [0.5, 0.6) is 5.75 Å². The molecule has 1 saturated heterocycles. The van der Waals surface area contributed by atoms with E-state index in [-0.39, 0.29) is 5.91 Å². The Morgan fingerprint density at radius 1 is 1.30 bits per heavy atom. The molecule has 1 aromatic rings. The zero-order valence-corrected chi connectivity index (χ0v) is 11.6. The summed E-state index contributed by atoms with van der Waals surface area (Å²) in [4.78, 5) is 25.3. The summed E-state index contributed by atoms with van der Waals surface area (Å²) >= 11 is 0. The van der Waals surface area contributed by atoms with Gasteiger partial charge in [0.2, 0.25) is 5.91 Å². The van der Waals surface area contributed by atoms with Gasteiger partial charge in [-0.15, -0.1) is 0 Å². The van der Waals surface area contributed by atoms with Gasteiger partial charge in [0.25, 0.3) is 0 Å². The largest absolute Gasteiger partial charge is 0.497 e. The SMILES string of the molecule is COC(=O)[C@H]1[C@H]([C@@H](C)O)C(=O)N1c1ccc(OC)cc1. The molecule has 6 heteroatoms. The molecule has 1 amide bonds. The first-order valence-electron chi connectivity index (χ1n) is 6.24. The van der Waals surface area contributed by atoms with Crippen molar-refractivity contribution in [2.45, 2.75) is 19.1 Å². The number of ether oxygens (including phenoxy) is 2. The lowest BCUT2D eigenvalue weighted by Crippen LogP contribution is -2.68. The second kappa shape index (κ2) is 5.50. The van der Waals surface area contributed by atoms with Gasteiger partial charge in [0.15, 0.2) is 0 Å². The van der Waals surface area contributed by atoms with Gasteiger partial charge in [-0.2, -0.15) is 0 Å². The van der Waals surface area contributed by atoms with E-state index in [1.807, 2.05) is 0 Å². The van der Waals surface area contributed by atoms with Crippen LogP contribution in [0.3, 0.4) is 0 Å². The van der Waals surface area contributed by atoms with E-state index in [0.717, 1.165) is 0 Å². The fraction of sp³-hybridized carbons (Fsp3) is 0.429. The van der Waals surface area contributed by atoms with Crippen molar-refractivity contribution < 1.29 is 24.2 Å². The Kier molecular flexibility index (Phi) is 3.94. The number of amides is 1. The molecule has 0 spiro atoms. The van der Waals surface area contributed by atoms with Crippen LogP contribution in [0, 0.1) is 5.92 Å². The molecule has 2 rings (SSSR count). The summed E-state index contributed by atoms with van der Waals surface area (Å²) in [6.45, 7) is 1.49. The average molecular weight is 279 g/mol. The normalized spacial score (nSPS) is 23.0. The molecule has 1 fully saturated rings. The van der Waals surface area contributed by atoms with Crippen molar-refractivity contribution in [3.05, 3.63) is 24.3 Å². The van der Waals surface area contributed by atoms with Gasteiger partial charge >= 0.3 is 5.97 Å². The summed E-state index contributed by atoms with van der Waals surface area (Å²) in [6.07, 6.45) is -0.902. The number of aliphatic hydroxyl groups is 1. The smallest absolute Gasteiger partial charge is 0.329 e. The fourth-order valence-electron chi connectivity index (χ4n) is 2.38. The maximum Gasteiger partial charge on any atom is 0.329 e. The van der Waals surface area contributed by atoms with E-state index in [1.165, 1.54) is 18.9 Å². The van der Waals surface area contributed by atoms with Crippen molar-refractivity contribution in [1.29, 1.82) is 0 Å². The average Bonchev–Trinajstić information content (AvgIpc) is 2.44. The van der Waals surface area contributed by atoms with Gasteiger partial charge in [0.1, 0.15) is 11.8 Å². The van der Waals surface area contributed by atoms with Crippen molar-refractivity contribution >= 4 is 17.6 Å². The van der Waals surface area contributed by atoms with Crippen molar-refractivity contribution in [2.24, 2.45) is 5.92 Å². The third kappa shape index (κ3) is 2.22. The molecular formula is C14H17NO5. The first kappa shape index (κ1) is 14.3. The molecule has 1 aliphatic rings. The summed E-state index contributed by atoms with van der Waals surface area (Å²) in [7, 11) is 2.81. The van der Waals surface area contributed by atoms with Crippen molar-refractivity contribution in [3.8, 4) is 5.75 Å². The number of β-lactam (4-membered cyclic amide) rings is 1.